The standard InChI is InChI=1S/C32H30OP/c1-4-32(30-22-14-15-23-31(30)33-25-24-26(2)3)34(27-16-8-5-9-17-27,28-18-10-6-11-19-28)29-20-12-7-13-21-29/h1,5-24,32H,25H2,2-3H3/q+1. The molecule has 4 aromatic rings. The molecule has 0 aromatic heterocycles. The lowest BCUT2D eigenvalue weighted by molar-refractivity contribution is 0.358. The van der Waals surface area contributed by atoms with E-state index < -0.39 is 7.26 Å². The molecule has 0 aliphatic rings. The van der Waals surface area contributed by atoms with Gasteiger partial charge in [0, 0.05) is 5.56 Å². The van der Waals surface area contributed by atoms with Gasteiger partial charge in [0.15, 0.2) is 5.66 Å². The van der Waals surface area contributed by atoms with Crippen molar-refractivity contribution in [1.29, 1.82) is 0 Å². The number of terminal acetylenes is 1. The first-order valence-electron chi connectivity index (χ1n) is 11.5. The quantitative estimate of drug-likeness (QED) is 0.161. The zero-order valence-electron chi connectivity index (χ0n) is 19.8. The maximum Gasteiger partial charge on any atom is 0.171 e. The fourth-order valence-corrected chi connectivity index (χ4v) is 9.00. The van der Waals surface area contributed by atoms with Crippen LogP contribution in [0.1, 0.15) is 25.1 Å². The van der Waals surface area contributed by atoms with E-state index >= 15 is 0 Å². The predicted molar refractivity (Wildman–Crippen MR) is 148 cm³/mol. The van der Waals surface area contributed by atoms with Crippen molar-refractivity contribution < 1.29 is 4.74 Å². The van der Waals surface area contributed by atoms with Gasteiger partial charge in [-0.15, -0.1) is 6.42 Å². The minimum absolute atomic E-state index is 0.192. The lowest BCUT2D eigenvalue weighted by Crippen LogP contribution is -2.35. The van der Waals surface area contributed by atoms with Crippen LogP contribution >= 0.6 is 7.26 Å². The van der Waals surface area contributed by atoms with E-state index in [1.807, 2.05) is 12.1 Å². The van der Waals surface area contributed by atoms with E-state index in [0.29, 0.717) is 6.61 Å². The Kier molecular flexibility index (Phi) is 7.64. The molecule has 34 heavy (non-hydrogen) atoms. The molecule has 0 heterocycles. The molecule has 2 heteroatoms. The van der Waals surface area contributed by atoms with Crippen LogP contribution in [-0.4, -0.2) is 6.61 Å². The van der Waals surface area contributed by atoms with Crippen molar-refractivity contribution in [1.82, 2.24) is 0 Å². The summed E-state index contributed by atoms with van der Waals surface area (Å²) in [7, 11) is -2.29. The number of hydrogen-bond acceptors (Lipinski definition) is 1. The van der Waals surface area contributed by atoms with Gasteiger partial charge in [-0.05, 0) is 62.4 Å². The minimum Gasteiger partial charge on any atom is -0.489 e. The van der Waals surface area contributed by atoms with E-state index in [1.54, 1.807) is 0 Å². The first-order chi connectivity index (χ1) is 16.7. The molecule has 0 radical (unpaired) electrons. The van der Waals surface area contributed by atoms with Crippen molar-refractivity contribution >= 4 is 23.2 Å². The van der Waals surface area contributed by atoms with E-state index in [0.717, 1.165) is 11.3 Å². The number of rotatable bonds is 8. The van der Waals surface area contributed by atoms with Gasteiger partial charge in [0.1, 0.15) is 35.5 Å². The molecular weight excluding hydrogens is 431 g/mol. The van der Waals surface area contributed by atoms with Crippen LogP contribution < -0.4 is 20.7 Å². The summed E-state index contributed by atoms with van der Waals surface area (Å²) in [5, 5.41) is 3.78. The van der Waals surface area contributed by atoms with Crippen molar-refractivity contribution in [2.45, 2.75) is 19.5 Å². The lowest BCUT2D eigenvalue weighted by Gasteiger charge is -2.33. The summed E-state index contributed by atoms with van der Waals surface area (Å²) in [5.41, 5.74) is 2.09. The van der Waals surface area contributed by atoms with E-state index in [-0.39, 0.29) is 5.66 Å². The van der Waals surface area contributed by atoms with Gasteiger partial charge in [0.2, 0.25) is 0 Å². The Morgan fingerprint density at radius 2 is 1.18 bits per heavy atom. The van der Waals surface area contributed by atoms with Crippen molar-refractivity contribution in [3.05, 3.63) is 132 Å². The van der Waals surface area contributed by atoms with E-state index in [4.69, 9.17) is 11.2 Å². The third-order valence-electron chi connectivity index (χ3n) is 5.98. The van der Waals surface area contributed by atoms with E-state index in [9.17, 15) is 0 Å². The van der Waals surface area contributed by atoms with Crippen molar-refractivity contribution in [3.63, 3.8) is 0 Å². The zero-order chi connectivity index (χ0) is 23.8. The predicted octanol–water partition coefficient (Wildman–Crippen LogP) is 6.70. The minimum atomic E-state index is -2.29. The normalized spacial score (nSPS) is 11.8. The molecule has 1 atom stereocenters. The molecule has 4 aromatic carbocycles. The summed E-state index contributed by atoms with van der Waals surface area (Å²) in [6, 6.07) is 40.5. The number of allylic oxidation sites excluding steroid dienone is 1. The fraction of sp³-hybridized carbons (Fsp3) is 0.125. The van der Waals surface area contributed by atoms with Crippen LogP contribution in [0.4, 0.5) is 0 Å². The first kappa shape index (κ1) is 23.6. The van der Waals surface area contributed by atoms with Crippen LogP contribution in [0.2, 0.25) is 0 Å². The summed E-state index contributed by atoms with van der Waals surface area (Å²) in [5.74, 6) is 4.09. The van der Waals surface area contributed by atoms with Crippen LogP contribution in [0, 0.1) is 12.3 Å². The molecule has 0 fully saturated rings. The Balaban J connectivity index is 2.02. The Hall–Kier alpha value is -3.59. The highest BCUT2D eigenvalue weighted by molar-refractivity contribution is 7.96. The summed E-state index contributed by atoms with van der Waals surface area (Å²) in [6.45, 7) is 4.68. The van der Waals surface area contributed by atoms with Crippen LogP contribution in [0.25, 0.3) is 0 Å². The molecule has 168 valence electrons. The Bertz CT molecular complexity index is 1170. The number of para-hydroxylation sites is 1. The van der Waals surface area contributed by atoms with Gasteiger partial charge >= 0.3 is 0 Å². The molecule has 0 aliphatic carbocycles. The van der Waals surface area contributed by atoms with Crippen molar-refractivity contribution in [2.24, 2.45) is 0 Å². The molecule has 0 aliphatic heterocycles. The smallest absolute Gasteiger partial charge is 0.171 e. The average molecular weight is 462 g/mol. The number of benzene rings is 4. The van der Waals surface area contributed by atoms with Crippen LogP contribution in [0.15, 0.2) is 127 Å². The Morgan fingerprint density at radius 1 is 0.735 bits per heavy atom. The molecule has 1 nitrogen and oxygen atoms in total. The van der Waals surface area contributed by atoms with Gasteiger partial charge in [-0.3, -0.25) is 0 Å². The molecule has 0 amide bonds. The summed E-state index contributed by atoms with van der Waals surface area (Å²) < 4.78 is 6.28. The highest BCUT2D eigenvalue weighted by atomic mass is 31.2. The number of ether oxygens (including phenoxy) is 1. The Morgan fingerprint density at radius 3 is 1.62 bits per heavy atom. The second kappa shape index (κ2) is 11.0. The Labute approximate surface area is 204 Å². The molecule has 1 unspecified atom stereocenters. The first-order valence-corrected chi connectivity index (χ1v) is 13.4. The summed E-state index contributed by atoms with van der Waals surface area (Å²) in [6.07, 6.45) is 8.55. The molecule has 0 bridgehead atoms. The SMILES string of the molecule is C#CC(c1ccccc1OCC=C(C)C)[P+](c1ccccc1)(c1ccccc1)c1ccccc1. The van der Waals surface area contributed by atoms with E-state index in [1.165, 1.54) is 21.5 Å². The van der Waals surface area contributed by atoms with Gasteiger partial charge < -0.3 is 4.74 Å². The van der Waals surface area contributed by atoms with Crippen LogP contribution in [0.5, 0.6) is 5.75 Å². The molecule has 0 saturated carbocycles. The van der Waals surface area contributed by atoms with Gasteiger partial charge in [0.05, 0.1) is 0 Å². The van der Waals surface area contributed by atoms with Gasteiger partial charge in [-0.1, -0.05) is 84.3 Å². The second-order valence-corrected chi connectivity index (χ2v) is 11.9. The van der Waals surface area contributed by atoms with E-state index in [2.05, 4.69) is 129 Å². The monoisotopic (exact) mass is 461 g/mol. The second-order valence-electron chi connectivity index (χ2n) is 8.43. The molecular formula is C32H30OP+. The van der Waals surface area contributed by atoms with Gasteiger partial charge in [0.25, 0.3) is 0 Å². The van der Waals surface area contributed by atoms with Crippen LogP contribution in [-0.2, 0) is 0 Å². The molecule has 4 rings (SSSR count). The number of hydrogen-bond donors (Lipinski definition) is 0. The van der Waals surface area contributed by atoms with Gasteiger partial charge in [-0.2, -0.15) is 0 Å². The van der Waals surface area contributed by atoms with Gasteiger partial charge in [-0.25, -0.2) is 0 Å². The fourth-order valence-electron chi connectivity index (χ4n) is 4.43. The largest absolute Gasteiger partial charge is 0.489 e. The molecule has 0 saturated heterocycles. The third-order valence-corrected chi connectivity index (χ3v) is 10.5. The molecule has 0 N–H and O–H groups in total. The lowest BCUT2D eigenvalue weighted by atomic mass is 10.1. The maximum atomic E-state index is 6.46. The topological polar surface area (TPSA) is 9.23 Å². The summed E-state index contributed by atoms with van der Waals surface area (Å²) >= 11 is 0. The van der Waals surface area contributed by atoms with Crippen LogP contribution in [0.3, 0.4) is 0 Å². The average Bonchev–Trinajstić information content (AvgIpc) is 2.89. The summed E-state index contributed by atoms with van der Waals surface area (Å²) in [4.78, 5) is 0. The highest BCUT2D eigenvalue weighted by Gasteiger charge is 2.53. The highest BCUT2D eigenvalue weighted by Crippen LogP contribution is 2.67. The molecule has 0 spiro atoms. The maximum absolute atomic E-state index is 6.46. The zero-order valence-corrected chi connectivity index (χ0v) is 20.7. The third kappa shape index (κ3) is 4.70. The van der Waals surface area contributed by atoms with Crippen molar-refractivity contribution in [2.75, 3.05) is 6.61 Å². The van der Waals surface area contributed by atoms with Crippen molar-refractivity contribution in [3.8, 4) is 18.1 Å².